The van der Waals surface area contributed by atoms with Crippen molar-refractivity contribution in [2.24, 2.45) is 0 Å². The molecule has 0 amide bonds. The van der Waals surface area contributed by atoms with E-state index in [4.69, 9.17) is 10.00 Å². The molecule has 0 aliphatic carbocycles. The lowest BCUT2D eigenvalue weighted by atomic mass is 9.99. The summed E-state index contributed by atoms with van der Waals surface area (Å²) in [6, 6.07) is 12.8. The predicted octanol–water partition coefficient (Wildman–Crippen LogP) is 2.31. The Morgan fingerprint density at radius 3 is 2.68 bits per heavy atom. The highest BCUT2D eigenvalue weighted by molar-refractivity contribution is 7.92. The molecule has 2 aromatic rings. The Balaban J connectivity index is 1.72. The monoisotopic (exact) mass is 398 g/mol. The highest BCUT2D eigenvalue weighted by Crippen LogP contribution is 2.30. The maximum absolute atomic E-state index is 12.4. The standard InChI is InChI=1S/C20H18N2O5S/c1-28(25,26)22-9-3-6-15-11-16(7-8-18(15)22)19(23)13-27-20(24)17-5-2-4-14(10-17)12-21/h2,4-5,7-8,10-11H,3,6,9,13H2,1H3. The number of esters is 1. The van der Waals surface area contributed by atoms with Crippen LogP contribution in [0.4, 0.5) is 5.69 Å². The second kappa shape index (κ2) is 7.82. The number of carbonyl (C=O) groups excluding carboxylic acids is 2. The van der Waals surface area contributed by atoms with Crippen LogP contribution >= 0.6 is 0 Å². The van der Waals surface area contributed by atoms with Crippen molar-refractivity contribution < 1.29 is 22.7 Å². The van der Waals surface area contributed by atoms with Gasteiger partial charge in [0.25, 0.3) is 0 Å². The molecule has 1 aliphatic rings. The SMILES string of the molecule is CS(=O)(=O)N1CCCc2cc(C(=O)COC(=O)c3cccc(C#N)c3)ccc21. The fourth-order valence-electron chi connectivity index (χ4n) is 3.09. The summed E-state index contributed by atoms with van der Waals surface area (Å²) in [5.74, 6) is -1.07. The molecule has 0 radical (unpaired) electrons. The normalized spacial score (nSPS) is 13.4. The third-order valence-electron chi connectivity index (χ3n) is 4.44. The molecule has 0 spiro atoms. The number of benzene rings is 2. The number of Topliss-reactive ketones (excluding diaryl/α,β-unsaturated/α-hetero) is 1. The largest absolute Gasteiger partial charge is 0.454 e. The van der Waals surface area contributed by atoms with Gasteiger partial charge in [0.1, 0.15) is 0 Å². The molecule has 1 heterocycles. The summed E-state index contributed by atoms with van der Waals surface area (Å²) >= 11 is 0. The van der Waals surface area contributed by atoms with Gasteiger partial charge < -0.3 is 4.74 Å². The molecule has 28 heavy (non-hydrogen) atoms. The van der Waals surface area contributed by atoms with E-state index in [9.17, 15) is 18.0 Å². The molecule has 0 bridgehead atoms. The zero-order valence-electron chi connectivity index (χ0n) is 15.2. The fourth-order valence-corrected chi connectivity index (χ4v) is 4.09. The number of rotatable bonds is 5. The third kappa shape index (κ3) is 4.21. The molecular weight excluding hydrogens is 380 g/mol. The van der Waals surface area contributed by atoms with Crippen LogP contribution in [0.15, 0.2) is 42.5 Å². The Morgan fingerprint density at radius 2 is 1.96 bits per heavy atom. The zero-order chi connectivity index (χ0) is 20.3. The Labute approximate surface area is 163 Å². The van der Waals surface area contributed by atoms with Gasteiger partial charge in [0.15, 0.2) is 12.4 Å². The Hall–Kier alpha value is -3.18. The zero-order valence-corrected chi connectivity index (χ0v) is 16.0. The number of nitriles is 1. The predicted molar refractivity (Wildman–Crippen MR) is 103 cm³/mol. The van der Waals surface area contributed by atoms with Crippen LogP contribution < -0.4 is 4.31 Å². The van der Waals surface area contributed by atoms with Gasteiger partial charge >= 0.3 is 5.97 Å². The van der Waals surface area contributed by atoms with Crippen LogP contribution in [0.5, 0.6) is 0 Å². The molecule has 0 unspecified atom stereocenters. The van der Waals surface area contributed by atoms with Crippen molar-refractivity contribution in [3.8, 4) is 6.07 Å². The first-order chi connectivity index (χ1) is 13.3. The van der Waals surface area contributed by atoms with Gasteiger partial charge in [0, 0.05) is 12.1 Å². The molecule has 0 aromatic heterocycles. The number of anilines is 1. The summed E-state index contributed by atoms with van der Waals surface area (Å²) in [6.45, 7) is -0.0251. The highest BCUT2D eigenvalue weighted by Gasteiger charge is 2.25. The minimum absolute atomic E-state index is 0.195. The second-order valence-corrected chi connectivity index (χ2v) is 8.38. The van der Waals surface area contributed by atoms with Gasteiger partial charge in [-0.15, -0.1) is 0 Å². The lowest BCUT2D eigenvalue weighted by Gasteiger charge is -2.29. The summed E-state index contributed by atoms with van der Waals surface area (Å²) in [4.78, 5) is 24.5. The average molecular weight is 398 g/mol. The number of fused-ring (bicyclic) bond motifs is 1. The first-order valence-electron chi connectivity index (χ1n) is 8.61. The number of aryl methyl sites for hydroxylation is 1. The number of ether oxygens (including phenoxy) is 1. The maximum Gasteiger partial charge on any atom is 0.338 e. The van der Waals surface area contributed by atoms with Gasteiger partial charge in [-0.2, -0.15) is 5.26 Å². The highest BCUT2D eigenvalue weighted by atomic mass is 32.2. The molecule has 0 fully saturated rings. The van der Waals surface area contributed by atoms with Crippen LogP contribution in [0.2, 0.25) is 0 Å². The molecule has 2 aromatic carbocycles. The molecule has 7 nitrogen and oxygen atoms in total. The summed E-state index contributed by atoms with van der Waals surface area (Å²) < 4.78 is 30.2. The summed E-state index contributed by atoms with van der Waals surface area (Å²) in [7, 11) is -3.37. The number of ketones is 1. The van der Waals surface area contributed by atoms with Crippen LogP contribution in [0.1, 0.15) is 38.3 Å². The topological polar surface area (TPSA) is 105 Å². The molecule has 144 valence electrons. The van der Waals surface area contributed by atoms with Crippen molar-refractivity contribution in [3.63, 3.8) is 0 Å². The van der Waals surface area contributed by atoms with Gasteiger partial charge in [0.05, 0.1) is 29.1 Å². The van der Waals surface area contributed by atoms with Crippen molar-refractivity contribution in [1.29, 1.82) is 5.26 Å². The van der Waals surface area contributed by atoms with E-state index >= 15 is 0 Å². The first kappa shape index (κ1) is 19.6. The Morgan fingerprint density at radius 1 is 1.18 bits per heavy atom. The number of sulfonamides is 1. The molecule has 3 rings (SSSR count). The van der Waals surface area contributed by atoms with E-state index in [2.05, 4.69) is 0 Å². The van der Waals surface area contributed by atoms with Crippen LogP contribution in [0.25, 0.3) is 0 Å². The van der Waals surface area contributed by atoms with E-state index in [1.54, 1.807) is 24.3 Å². The quantitative estimate of drug-likeness (QED) is 0.565. The average Bonchev–Trinajstić information content (AvgIpc) is 2.70. The maximum atomic E-state index is 12.4. The van der Waals surface area contributed by atoms with Crippen molar-refractivity contribution in [1.82, 2.24) is 0 Å². The van der Waals surface area contributed by atoms with E-state index in [0.29, 0.717) is 36.2 Å². The van der Waals surface area contributed by atoms with Crippen LogP contribution in [-0.2, 0) is 21.2 Å². The van der Waals surface area contributed by atoms with E-state index in [1.165, 1.54) is 22.5 Å². The molecule has 8 heteroatoms. The Bertz CT molecular complexity index is 1090. The minimum Gasteiger partial charge on any atom is -0.454 e. The third-order valence-corrected chi connectivity index (χ3v) is 5.62. The van der Waals surface area contributed by atoms with Gasteiger partial charge in [-0.25, -0.2) is 13.2 Å². The minimum atomic E-state index is -3.37. The van der Waals surface area contributed by atoms with Crippen molar-refractivity contribution in [2.45, 2.75) is 12.8 Å². The lowest BCUT2D eigenvalue weighted by molar-refractivity contribution is 0.0474. The fraction of sp³-hybridized carbons (Fsp3) is 0.250. The number of hydrogen-bond donors (Lipinski definition) is 0. The Kier molecular flexibility index (Phi) is 5.47. The first-order valence-corrected chi connectivity index (χ1v) is 10.5. The van der Waals surface area contributed by atoms with E-state index in [-0.39, 0.29) is 11.3 Å². The van der Waals surface area contributed by atoms with Crippen LogP contribution in [-0.4, -0.2) is 39.6 Å². The lowest BCUT2D eigenvalue weighted by Crippen LogP contribution is -2.34. The van der Waals surface area contributed by atoms with Crippen LogP contribution in [0.3, 0.4) is 0 Å². The number of hydrogen-bond acceptors (Lipinski definition) is 6. The van der Waals surface area contributed by atoms with Gasteiger partial charge in [-0.05, 0) is 54.8 Å². The van der Waals surface area contributed by atoms with Gasteiger partial charge in [0.2, 0.25) is 10.0 Å². The molecule has 0 atom stereocenters. The van der Waals surface area contributed by atoms with E-state index in [0.717, 1.165) is 11.8 Å². The smallest absolute Gasteiger partial charge is 0.338 e. The number of nitrogens with zero attached hydrogens (tertiary/aromatic N) is 2. The summed E-state index contributed by atoms with van der Waals surface area (Å²) in [5.41, 5.74) is 2.23. The molecule has 0 saturated heterocycles. The van der Waals surface area contributed by atoms with E-state index in [1.807, 2.05) is 6.07 Å². The molecular formula is C20H18N2O5S. The van der Waals surface area contributed by atoms with Gasteiger partial charge in [-0.3, -0.25) is 9.10 Å². The van der Waals surface area contributed by atoms with Crippen LogP contribution in [0, 0.1) is 11.3 Å². The molecule has 0 N–H and O–H groups in total. The summed E-state index contributed by atoms with van der Waals surface area (Å²) in [5, 5.41) is 8.88. The van der Waals surface area contributed by atoms with Crippen molar-refractivity contribution in [2.75, 3.05) is 23.7 Å². The molecule has 0 saturated carbocycles. The second-order valence-electron chi connectivity index (χ2n) is 6.47. The van der Waals surface area contributed by atoms with Crippen molar-refractivity contribution >= 4 is 27.5 Å². The molecule has 1 aliphatic heterocycles. The summed E-state index contributed by atoms with van der Waals surface area (Å²) in [6.07, 6.45) is 2.49. The van der Waals surface area contributed by atoms with E-state index < -0.39 is 22.6 Å². The number of carbonyl (C=O) groups is 2. The van der Waals surface area contributed by atoms with Gasteiger partial charge in [-0.1, -0.05) is 6.07 Å². The van der Waals surface area contributed by atoms with Crippen molar-refractivity contribution in [3.05, 3.63) is 64.7 Å².